The molecule has 0 saturated carbocycles. The Morgan fingerprint density at radius 2 is 2.25 bits per heavy atom. The summed E-state index contributed by atoms with van der Waals surface area (Å²) in [4.78, 5) is 13.7. The highest BCUT2D eigenvalue weighted by molar-refractivity contribution is 5.76. The van der Waals surface area contributed by atoms with Crippen molar-refractivity contribution < 1.29 is 18.0 Å². The second-order valence-corrected chi connectivity index (χ2v) is 5.13. The number of rotatable bonds is 3. The molecule has 5 nitrogen and oxygen atoms in total. The summed E-state index contributed by atoms with van der Waals surface area (Å²) < 4.78 is 38.3. The van der Waals surface area contributed by atoms with Gasteiger partial charge in [0.1, 0.15) is 6.54 Å². The minimum atomic E-state index is -4.49. The topological polar surface area (TPSA) is 64.2 Å². The van der Waals surface area contributed by atoms with E-state index in [1.807, 2.05) is 6.92 Å². The van der Waals surface area contributed by atoms with E-state index < -0.39 is 11.9 Å². The Morgan fingerprint density at radius 3 is 2.75 bits per heavy atom. The van der Waals surface area contributed by atoms with E-state index in [-0.39, 0.29) is 24.4 Å². The average Bonchev–Trinajstić information content (AvgIpc) is 2.94. The quantitative estimate of drug-likeness (QED) is 0.906. The van der Waals surface area contributed by atoms with E-state index in [2.05, 4.69) is 5.10 Å². The van der Waals surface area contributed by atoms with E-state index in [4.69, 9.17) is 5.73 Å². The van der Waals surface area contributed by atoms with Crippen LogP contribution in [-0.4, -0.2) is 39.7 Å². The third-order valence-corrected chi connectivity index (χ3v) is 3.54. The van der Waals surface area contributed by atoms with Crippen LogP contribution in [0.4, 0.5) is 13.2 Å². The second-order valence-electron chi connectivity index (χ2n) is 5.13. The predicted molar refractivity (Wildman–Crippen MR) is 65.6 cm³/mol. The minimum Gasteiger partial charge on any atom is -0.338 e. The van der Waals surface area contributed by atoms with Gasteiger partial charge in [0.2, 0.25) is 5.91 Å². The van der Waals surface area contributed by atoms with Crippen LogP contribution in [0.2, 0.25) is 0 Å². The molecule has 1 fully saturated rings. The first-order valence-corrected chi connectivity index (χ1v) is 6.41. The molecule has 1 amide bonds. The van der Waals surface area contributed by atoms with Gasteiger partial charge >= 0.3 is 6.18 Å². The van der Waals surface area contributed by atoms with Gasteiger partial charge in [0.15, 0.2) is 5.69 Å². The van der Waals surface area contributed by atoms with Gasteiger partial charge in [-0.15, -0.1) is 0 Å². The Balaban J connectivity index is 2.00. The molecular formula is C12H17F3N4O. The van der Waals surface area contributed by atoms with Crippen molar-refractivity contribution in [3.63, 3.8) is 0 Å². The molecule has 1 aliphatic rings. The zero-order chi connectivity index (χ0) is 14.9. The Bertz CT molecular complexity index is 485. The lowest BCUT2D eigenvalue weighted by molar-refractivity contribution is -0.142. The largest absolute Gasteiger partial charge is 0.435 e. The molecule has 0 bridgehead atoms. The number of carbonyl (C=O) groups is 1. The van der Waals surface area contributed by atoms with Gasteiger partial charge in [0, 0.05) is 18.8 Å². The van der Waals surface area contributed by atoms with E-state index in [0.717, 1.165) is 17.2 Å². The van der Waals surface area contributed by atoms with E-state index >= 15 is 0 Å². The van der Waals surface area contributed by atoms with Gasteiger partial charge in [-0.1, -0.05) is 0 Å². The van der Waals surface area contributed by atoms with Crippen LogP contribution >= 0.6 is 0 Å². The molecule has 2 unspecified atom stereocenters. The number of hydrogen-bond donors (Lipinski definition) is 1. The fourth-order valence-electron chi connectivity index (χ4n) is 2.49. The Labute approximate surface area is 114 Å². The molecule has 0 aliphatic carbocycles. The van der Waals surface area contributed by atoms with E-state index in [1.54, 1.807) is 4.90 Å². The second kappa shape index (κ2) is 5.43. The van der Waals surface area contributed by atoms with Crippen LogP contribution in [0, 0.1) is 5.92 Å². The Hall–Kier alpha value is -1.57. The molecular weight excluding hydrogens is 273 g/mol. The van der Waals surface area contributed by atoms with Crippen LogP contribution in [-0.2, 0) is 17.5 Å². The maximum atomic E-state index is 12.4. The van der Waals surface area contributed by atoms with Gasteiger partial charge in [-0.3, -0.25) is 9.48 Å². The summed E-state index contributed by atoms with van der Waals surface area (Å²) in [7, 11) is 0. The van der Waals surface area contributed by atoms with E-state index in [0.29, 0.717) is 13.1 Å². The first kappa shape index (κ1) is 14.8. The van der Waals surface area contributed by atoms with Crippen molar-refractivity contribution in [2.75, 3.05) is 13.1 Å². The monoisotopic (exact) mass is 290 g/mol. The van der Waals surface area contributed by atoms with Crippen molar-refractivity contribution in [1.29, 1.82) is 0 Å². The summed E-state index contributed by atoms with van der Waals surface area (Å²) >= 11 is 0. The average molecular weight is 290 g/mol. The van der Waals surface area contributed by atoms with Gasteiger partial charge in [-0.2, -0.15) is 18.3 Å². The molecule has 112 valence electrons. The molecule has 1 aliphatic heterocycles. The van der Waals surface area contributed by atoms with Gasteiger partial charge in [-0.05, 0) is 31.9 Å². The lowest BCUT2D eigenvalue weighted by Gasteiger charge is -2.21. The molecule has 1 saturated heterocycles. The van der Waals surface area contributed by atoms with E-state index in [1.165, 1.54) is 6.20 Å². The first-order chi connectivity index (χ1) is 9.31. The molecule has 0 radical (unpaired) electrons. The summed E-state index contributed by atoms with van der Waals surface area (Å²) in [5.41, 5.74) is 4.60. The molecule has 2 N–H and O–H groups in total. The lowest BCUT2D eigenvalue weighted by Crippen LogP contribution is -2.37. The predicted octanol–water partition coefficient (Wildman–Crippen LogP) is 1.10. The summed E-state index contributed by atoms with van der Waals surface area (Å²) in [5, 5.41) is 3.38. The molecule has 0 spiro atoms. The highest BCUT2D eigenvalue weighted by Crippen LogP contribution is 2.27. The van der Waals surface area contributed by atoms with Gasteiger partial charge in [0.05, 0.1) is 0 Å². The van der Waals surface area contributed by atoms with Crippen molar-refractivity contribution in [2.24, 2.45) is 11.7 Å². The van der Waals surface area contributed by atoms with Gasteiger partial charge in [0.25, 0.3) is 0 Å². The maximum absolute atomic E-state index is 12.4. The van der Waals surface area contributed by atoms with Crippen molar-refractivity contribution in [3.05, 3.63) is 18.0 Å². The number of halogens is 3. The zero-order valence-corrected chi connectivity index (χ0v) is 11.1. The number of likely N-dealkylation sites (tertiary alicyclic amines) is 1. The number of nitrogens with zero attached hydrogens (tertiary/aromatic N) is 3. The number of nitrogens with two attached hydrogens (primary N) is 1. The summed E-state index contributed by atoms with van der Waals surface area (Å²) in [5.74, 6) is 0.0302. The van der Waals surface area contributed by atoms with Crippen LogP contribution in [0.3, 0.4) is 0 Å². The normalized spacial score (nSPS) is 23.4. The molecule has 20 heavy (non-hydrogen) atoms. The van der Waals surface area contributed by atoms with Crippen molar-refractivity contribution >= 4 is 5.91 Å². The summed E-state index contributed by atoms with van der Waals surface area (Å²) in [6, 6.07) is 0.928. The minimum absolute atomic E-state index is 0.0636. The fraction of sp³-hybridized carbons (Fsp3) is 0.667. The van der Waals surface area contributed by atoms with Crippen molar-refractivity contribution in [2.45, 2.75) is 32.1 Å². The third-order valence-electron chi connectivity index (χ3n) is 3.54. The zero-order valence-electron chi connectivity index (χ0n) is 11.1. The molecule has 8 heteroatoms. The molecule has 1 aromatic heterocycles. The number of amides is 1. The smallest absolute Gasteiger partial charge is 0.338 e. The van der Waals surface area contributed by atoms with Crippen molar-refractivity contribution in [3.8, 4) is 0 Å². The molecule has 2 rings (SSSR count). The third kappa shape index (κ3) is 3.12. The van der Waals surface area contributed by atoms with Crippen LogP contribution in [0.5, 0.6) is 0 Å². The standard InChI is InChI=1S/C12H17F3N4O/c1-8-4-9(5-16)6-19(8)11(20)7-18-3-2-10(17-18)12(13,14)15/h2-3,8-9H,4-7,16H2,1H3. The summed E-state index contributed by atoms with van der Waals surface area (Å²) in [6.45, 7) is 2.80. The van der Waals surface area contributed by atoms with Gasteiger partial charge < -0.3 is 10.6 Å². The Kier molecular flexibility index (Phi) is 4.03. The van der Waals surface area contributed by atoms with Crippen LogP contribution in [0.1, 0.15) is 19.0 Å². The lowest BCUT2D eigenvalue weighted by atomic mass is 10.1. The fourth-order valence-corrected chi connectivity index (χ4v) is 2.49. The molecule has 2 heterocycles. The maximum Gasteiger partial charge on any atom is 0.435 e. The van der Waals surface area contributed by atoms with E-state index in [9.17, 15) is 18.0 Å². The number of hydrogen-bond acceptors (Lipinski definition) is 3. The van der Waals surface area contributed by atoms with Crippen LogP contribution in [0.15, 0.2) is 12.3 Å². The van der Waals surface area contributed by atoms with Crippen LogP contribution in [0.25, 0.3) is 0 Å². The Morgan fingerprint density at radius 1 is 1.55 bits per heavy atom. The number of aromatic nitrogens is 2. The number of carbonyl (C=O) groups excluding carboxylic acids is 1. The number of alkyl halides is 3. The molecule has 1 aromatic rings. The van der Waals surface area contributed by atoms with Crippen molar-refractivity contribution in [1.82, 2.24) is 14.7 Å². The highest BCUT2D eigenvalue weighted by Gasteiger charge is 2.34. The SMILES string of the molecule is CC1CC(CN)CN1C(=O)Cn1ccc(C(F)(F)F)n1. The molecule has 0 aromatic carbocycles. The van der Waals surface area contributed by atoms with Crippen LogP contribution < -0.4 is 5.73 Å². The first-order valence-electron chi connectivity index (χ1n) is 6.41. The highest BCUT2D eigenvalue weighted by atomic mass is 19.4. The summed E-state index contributed by atoms with van der Waals surface area (Å²) in [6.07, 6.45) is -2.49. The molecule has 2 atom stereocenters. The van der Waals surface area contributed by atoms with Gasteiger partial charge in [-0.25, -0.2) is 0 Å².